The van der Waals surface area contributed by atoms with Crippen LogP contribution in [0.25, 0.3) is 6.08 Å². The molecule has 1 amide bonds. The van der Waals surface area contributed by atoms with Gasteiger partial charge >= 0.3 is 0 Å². The van der Waals surface area contributed by atoms with E-state index in [1.807, 2.05) is 85.7 Å². The molecule has 0 fully saturated rings. The lowest BCUT2D eigenvalue weighted by Crippen LogP contribution is -2.32. The number of nitrogens with zero attached hydrogens (tertiary/aromatic N) is 3. The van der Waals surface area contributed by atoms with Crippen LogP contribution in [0.5, 0.6) is 0 Å². The second-order valence-electron chi connectivity index (χ2n) is 7.05. The fourth-order valence-electron chi connectivity index (χ4n) is 3.20. The average molecular weight is 481 g/mol. The molecule has 0 aromatic heterocycles. The third kappa shape index (κ3) is 4.04. The molecule has 3 aromatic carbocycles. The summed E-state index contributed by atoms with van der Waals surface area (Å²) in [6, 6.07) is 22.9. The van der Waals surface area contributed by atoms with E-state index in [1.54, 1.807) is 17.0 Å². The van der Waals surface area contributed by atoms with Crippen molar-refractivity contribution >= 4 is 56.7 Å². The van der Waals surface area contributed by atoms with Gasteiger partial charge in [0.15, 0.2) is 0 Å². The molecule has 4 nitrogen and oxygen atoms in total. The molecule has 4 rings (SSSR count). The molecule has 0 N–H and O–H groups in total. The highest BCUT2D eigenvalue weighted by molar-refractivity contribution is 9.10. The van der Waals surface area contributed by atoms with E-state index in [0.717, 1.165) is 21.4 Å². The van der Waals surface area contributed by atoms with Crippen molar-refractivity contribution in [2.24, 2.45) is 4.99 Å². The average Bonchev–Trinajstić information content (AvgIpc) is 3.05. The zero-order valence-electron chi connectivity index (χ0n) is 16.5. The molecule has 0 atom stereocenters. The molecule has 0 spiro atoms. The van der Waals surface area contributed by atoms with Gasteiger partial charge in [-0.2, -0.15) is 0 Å². The minimum absolute atomic E-state index is 0.191. The number of hydrogen-bond acceptors (Lipinski definition) is 3. The van der Waals surface area contributed by atoms with Gasteiger partial charge in [-0.25, -0.2) is 4.99 Å². The summed E-state index contributed by atoms with van der Waals surface area (Å²) in [6.07, 6.45) is 1.80. The summed E-state index contributed by atoms with van der Waals surface area (Å²) in [7, 11) is 3.98. The lowest BCUT2D eigenvalue weighted by Gasteiger charge is -2.19. The zero-order chi connectivity index (χ0) is 21.3. The first-order chi connectivity index (χ1) is 14.4. The Morgan fingerprint density at radius 2 is 1.63 bits per heavy atom. The fraction of sp³-hybridized carbons (Fsp3) is 0.0833. The predicted octanol–water partition coefficient (Wildman–Crippen LogP) is 6.00. The molecule has 0 aliphatic carbocycles. The van der Waals surface area contributed by atoms with Gasteiger partial charge in [0.1, 0.15) is 11.5 Å². The van der Waals surface area contributed by atoms with Gasteiger partial charge in [-0.15, -0.1) is 0 Å². The summed E-state index contributed by atoms with van der Waals surface area (Å²) in [5, 5.41) is 0.544. The number of carbonyl (C=O) groups is 1. The highest BCUT2D eigenvalue weighted by Gasteiger charge is 2.33. The molecule has 1 aliphatic rings. The van der Waals surface area contributed by atoms with Crippen molar-refractivity contribution in [2.75, 3.05) is 23.9 Å². The Kier molecular flexibility index (Phi) is 5.75. The molecule has 3 aromatic rings. The van der Waals surface area contributed by atoms with E-state index in [9.17, 15) is 4.79 Å². The van der Waals surface area contributed by atoms with Crippen molar-refractivity contribution < 1.29 is 4.79 Å². The maximum Gasteiger partial charge on any atom is 0.282 e. The Morgan fingerprint density at radius 1 is 0.967 bits per heavy atom. The summed E-state index contributed by atoms with van der Waals surface area (Å²) in [4.78, 5) is 21.7. The summed E-state index contributed by atoms with van der Waals surface area (Å²) < 4.78 is 0.936. The first-order valence-electron chi connectivity index (χ1n) is 9.37. The normalized spacial score (nSPS) is 14.9. The first kappa shape index (κ1) is 20.4. The third-order valence-electron chi connectivity index (χ3n) is 4.77. The van der Waals surface area contributed by atoms with Crippen molar-refractivity contribution in [3.05, 3.63) is 99.1 Å². The maximum atomic E-state index is 13.3. The van der Waals surface area contributed by atoms with Crippen LogP contribution in [-0.2, 0) is 4.79 Å². The molecular formula is C24H19BrClN3O. The second-order valence-corrected chi connectivity index (χ2v) is 8.37. The number of anilines is 2. The van der Waals surface area contributed by atoms with Crippen molar-refractivity contribution in [3.8, 4) is 0 Å². The third-order valence-corrected chi connectivity index (χ3v) is 5.63. The van der Waals surface area contributed by atoms with Crippen LogP contribution in [0.2, 0.25) is 5.02 Å². The second kappa shape index (κ2) is 8.46. The summed E-state index contributed by atoms with van der Waals surface area (Å²) in [6.45, 7) is 0. The van der Waals surface area contributed by atoms with Crippen LogP contribution in [0.1, 0.15) is 11.1 Å². The monoisotopic (exact) mass is 479 g/mol. The number of carbonyl (C=O) groups excluding carboxylic acids is 1. The maximum absolute atomic E-state index is 13.3. The largest absolute Gasteiger partial charge is 0.378 e. The number of aliphatic imine (C=N–C) groups is 1. The molecule has 0 bridgehead atoms. The van der Waals surface area contributed by atoms with Crippen molar-refractivity contribution in [3.63, 3.8) is 0 Å². The van der Waals surface area contributed by atoms with E-state index >= 15 is 0 Å². The van der Waals surface area contributed by atoms with Crippen LogP contribution in [0, 0.1) is 0 Å². The smallest absolute Gasteiger partial charge is 0.282 e. The Hall–Kier alpha value is -2.89. The summed E-state index contributed by atoms with van der Waals surface area (Å²) in [5.41, 5.74) is 3.80. The highest BCUT2D eigenvalue weighted by Crippen LogP contribution is 2.31. The SMILES string of the molecule is CN(C)c1ccc(/C=C2/N=C(c3ccccc3Cl)N(c3ccc(Br)cc3)C2=O)cc1. The molecule has 0 saturated carbocycles. The van der Waals surface area contributed by atoms with E-state index in [1.165, 1.54) is 0 Å². The van der Waals surface area contributed by atoms with Gasteiger partial charge in [0.05, 0.1) is 10.7 Å². The Morgan fingerprint density at radius 3 is 2.27 bits per heavy atom. The van der Waals surface area contributed by atoms with Crippen LogP contribution in [0.15, 0.2) is 88.0 Å². The van der Waals surface area contributed by atoms with Crippen LogP contribution < -0.4 is 9.80 Å². The van der Waals surface area contributed by atoms with Crippen LogP contribution in [-0.4, -0.2) is 25.8 Å². The predicted molar refractivity (Wildman–Crippen MR) is 128 cm³/mol. The number of amides is 1. The molecule has 0 saturated heterocycles. The number of amidine groups is 1. The molecule has 1 aliphatic heterocycles. The van der Waals surface area contributed by atoms with Crippen LogP contribution >= 0.6 is 27.5 Å². The van der Waals surface area contributed by atoms with E-state index in [4.69, 9.17) is 11.6 Å². The van der Waals surface area contributed by atoms with Crippen molar-refractivity contribution in [1.29, 1.82) is 0 Å². The van der Waals surface area contributed by atoms with Crippen molar-refractivity contribution in [2.45, 2.75) is 0 Å². The van der Waals surface area contributed by atoms with Crippen LogP contribution in [0.3, 0.4) is 0 Å². The van der Waals surface area contributed by atoms with E-state index < -0.39 is 0 Å². The molecule has 1 heterocycles. The van der Waals surface area contributed by atoms with E-state index in [2.05, 4.69) is 20.9 Å². The van der Waals surface area contributed by atoms with Gasteiger partial charge in [-0.1, -0.05) is 51.8 Å². The molecule has 150 valence electrons. The quantitative estimate of drug-likeness (QED) is 0.429. The molecular weight excluding hydrogens is 462 g/mol. The van der Waals surface area contributed by atoms with E-state index in [0.29, 0.717) is 22.1 Å². The Balaban J connectivity index is 1.79. The lowest BCUT2D eigenvalue weighted by atomic mass is 10.1. The number of rotatable bonds is 4. The molecule has 0 unspecified atom stereocenters. The van der Waals surface area contributed by atoms with Gasteiger partial charge in [0, 0.05) is 29.8 Å². The lowest BCUT2D eigenvalue weighted by molar-refractivity contribution is -0.113. The Bertz CT molecular complexity index is 1150. The van der Waals surface area contributed by atoms with Gasteiger partial charge in [-0.05, 0) is 60.2 Å². The van der Waals surface area contributed by atoms with Crippen LogP contribution in [0.4, 0.5) is 11.4 Å². The minimum atomic E-state index is -0.191. The number of benzene rings is 3. The van der Waals surface area contributed by atoms with E-state index in [-0.39, 0.29) is 5.91 Å². The number of halogens is 2. The topological polar surface area (TPSA) is 35.9 Å². The van der Waals surface area contributed by atoms with Gasteiger partial charge < -0.3 is 4.90 Å². The zero-order valence-corrected chi connectivity index (χ0v) is 18.9. The van der Waals surface area contributed by atoms with Gasteiger partial charge in [-0.3, -0.25) is 9.69 Å². The Labute approximate surface area is 189 Å². The first-order valence-corrected chi connectivity index (χ1v) is 10.5. The fourth-order valence-corrected chi connectivity index (χ4v) is 3.68. The van der Waals surface area contributed by atoms with Crippen molar-refractivity contribution in [1.82, 2.24) is 0 Å². The molecule has 30 heavy (non-hydrogen) atoms. The molecule has 6 heteroatoms. The molecule has 0 radical (unpaired) electrons. The standard InChI is InChI=1S/C24H19BrClN3O/c1-28(2)18-11-7-16(8-12-18)15-22-24(30)29(19-13-9-17(25)10-14-19)23(27-22)20-5-3-4-6-21(20)26/h3-15H,1-2H3/b22-15+. The minimum Gasteiger partial charge on any atom is -0.378 e. The summed E-state index contributed by atoms with van der Waals surface area (Å²) in [5.74, 6) is 0.327. The summed E-state index contributed by atoms with van der Waals surface area (Å²) >= 11 is 9.88. The van der Waals surface area contributed by atoms with Gasteiger partial charge in [0.25, 0.3) is 5.91 Å². The highest BCUT2D eigenvalue weighted by atomic mass is 79.9. The van der Waals surface area contributed by atoms with Gasteiger partial charge in [0.2, 0.25) is 0 Å². The number of hydrogen-bond donors (Lipinski definition) is 0.